The fraction of sp³-hybridized carbons (Fsp3) is 0.111. The highest BCUT2D eigenvalue weighted by Gasteiger charge is 2.08. The zero-order chi connectivity index (χ0) is 15.8. The van der Waals surface area contributed by atoms with Crippen LogP contribution in [0.15, 0.2) is 60.2 Å². The van der Waals surface area contributed by atoms with E-state index < -0.39 is 5.91 Å². The highest BCUT2D eigenvalue weighted by Crippen LogP contribution is 2.08. The topological polar surface area (TPSA) is 52.9 Å². The first kappa shape index (κ1) is 15.5. The van der Waals surface area contributed by atoms with Crippen molar-refractivity contribution in [3.63, 3.8) is 0 Å². The summed E-state index contributed by atoms with van der Waals surface area (Å²) in [6.45, 7) is 0.450. The van der Waals surface area contributed by atoms with Gasteiger partial charge in [0.2, 0.25) is 0 Å². The maximum absolute atomic E-state index is 12.8. The van der Waals surface area contributed by atoms with Crippen molar-refractivity contribution in [3.05, 3.63) is 77.1 Å². The van der Waals surface area contributed by atoms with Gasteiger partial charge >= 0.3 is 0 Å². The van der Waals surface area contributed by atoms with E-state index in [0.29, 0.717) is 18.5 Å². The molecule has 0 fully saturated rings. The Morgan fingerprint density at radius 2 is 1.82 bits per heavy atom. The van der Waals surface area contributed by atoms with Gasteiger partial charge in [-0.2, -0.15) is 5.26 Å². The predicted molar refractivity (Wildman–Crippen MR) is 83.1 cm³/mol. The molecule has 22 heavy (non-hydrogen) atoms. The molecule has 1 N–H and O–H groups in total. The molecule has 2 aromatic carbocycles. The molecular formula is C18H15FN2O. The van der Waals surface area contributed by atoms with Gasteiger partial charge in [-0.1, -0.05) is 42.5 Å². The molecule has 0 aromatic heterocycles. The summed E-state index contributed by atoms with van der Waals surface area (Å²) in [6, 6.07) is 17.2. The Bertz CT molecular complexity index is 700. The minimum Gasteiger partial charge on any atom is -0.351 e. The van der Waals surface area contributed by atoms with Crippen LogP contribution < -0.4 is 5.32 Å². The van der Waals surface area contributed by atoms with E-state index in [-0.39, 0.29) is 11.4 Å². The van der Waals surface area contributed by atoms with Crippen molar-refractivity contribution in [2.75, 3.05) is 6.54 Å². The second-order valence-corrected chi connectivity index (χ2v) is 4.71. The maximum atomic E-state index is 12.8. The van der Waals surface area contributed by atoms with Crippen LogP contribution in [0.3, 0.4) is 0 Å². The molecule has 0 bridgehead atoms. The number of carbonyl (C=O) groups excluding carboxylic acids is 1. The zero-order valence-electron chi connectivity index (χ0n) is 11.9. The minimum atomic E-state index is -0.428. The quantitative estimate of drug-likeness (QED) is 0.680. The molecule has 2 aromatic rings. The smallest absolute Gasteiger partial charge is 0.261 e. The van der Waals surface area contributed by atoms with Crippen LogP contribution in [0.4, 0.5) is 4.39 Å². The third-order valence-electron chi connectivity index (χ3n) is 3.09. The molecule has 3 nitrogen and oxygen atoms in total. The van der Waals surface area contributed by atoms with E-state index in [1.54, 1.807) is 0 Å². The van der Waals surface area contributed by atoms with Gasteiger partial charge in [0.15, 0.2) is 0 Å². The van der Waals surface area contributed by atoms with Gasteiger partial charge in [-0.15, -0.1) is 0 Å². The number of carbonyl (C=O) groups is 1. The number of hydrogen-bond acceptors (Lipinski definition) is 2. The third kappa shape index (κ3) is 4.57. The molecule has 0 spiro atoms. The largest absolute Gasteiger partial charge is 0.351 e. The lowest BCUT2D eigenvalue weighted by Crippen LogP contribution is -2.26. The van der Waals surface area contributed by atoms with Crippen molar-refractivity contribution in [3.8, 4) is 6.07 Å². The van der Waals surface area contributed by atoms with Gasteiger partial charge in [-0.3, -0.25) is 4.79 Å². The first-order valence-corrected chi connectivity index (χ1v) is 6.88. The zero-order valence-corrected chi connectivity index (χ0v) is 11.9. The van der Waals surface area contributed by atoms with Gasteiger partial charge in [0, 0.05) is 6.54 Å². The molecule has 0 aliphatic heterocycles. The molecule has 1 amide bonds. The van der Waals surface area contributed by atoms with Crippen molar-refractivity contribution in [1.82, 2.24) is 5.32 Å². The average molecular weight is 294 g/mol. The van der Waals surface area contributed by atoms with E-state index >= 15 is 0 Å². The lowest BCUT2D eigenvalue weighted by Gasteiger charge is -2.04. The normalized spacial score (nSPS) is 10.8. The highest BCUT2D eigenvalue weighted by molar-refractivity contribution is 6.01. The number of nitrogens with one attached hydrogen (secondary N) is 1. The molecule has 0 heterocycles. The molecule has 2 rings (SSSR count). The number of nitriles is 1. The molecule has 0 atom stereocenters. The third-order valence-corrected chi connectivity index (χ3v) is 3.09. The summed E-state index contributed by atoms with van der Waals surface area (Å²) in [7, 11) is 0. The molecule has 0 radical (unpaired) electrons. The van der Waals surface area contributed by atoms with E-state index in [2.05, 4.69) is 5.32 Å². The summed E-state index contributed by atoms with van der Waals surface area (Å²) >= 11 is 0. The van der Waals surface area contributed by atoms with Crippen LogP contribution >= 0.6 is 0 Å². The van der Waals surface area contributed by atoms with Crippen LogP contribution in [0.1, 0.15) is 11.1 Å². The van der Waals surface area contributed by atoms with Gasteiger partial charge in [-0.05, 0) is 35.8 Å². The number of nitrogens with zero attached hydrogens (tertiary/aromatic N) is 1. The Labute approximate surface area is 128 Å². The Morgan fingerprint density at radius 1 is 1.14 bits per heavy atom. The standard InChI is InChI=1S/C18H15FN2O/c19-17-8-6-15(7-9-17)12-16(13-20)18(22)21-11-10-14-4-2-1-3-5-14/h1-9,12H,10-11H2,(H,21,22)/b16-12+. The van der Waals surface area contributed by atoms with E-state index in [4.69, 9.17) is 5.26 Å². The van der Waals surface area contributed by atoms with E-state index in [1.807, 2.05) is 36.4 Å². The Balaban J connectivity index is 1.94. The molecule has 4 heteroatoms. The Kier molecular flexibility index (Phi) is 5.44. The molecule has 0 saturated carbocycles. The first-order valence-electron chi connectivity index (χ1n) is 6.88. The number of hydrogen-bond donors (Lipinski definition) is 1. The lowest BCUT2D eigenvalue weighted by molar-refractivity contribution is -0.117. The number of benzene rings is 2. The number of rotatable bonds is 5. The van der Waals surface area contributed by atoms with E-state index in [9.17, 15) is 9.18 Å². The molecule has 0 saturated heterocycles. The first-order chi connectivity index (χ1) is 10.7. The predicted octanol–water partition coefficient (Wildman–Crippen LogP) is 3.09. The summed E-state index contributed by atoms with van der Waals surface area (Å²) in [5.74, 6) is -0.786. The maximum Gasteiger partial charge on any atom is 0.261 e. The monoisotopic (exact) mass is 294 g/mol. The molecule has 110 valence electrons. The summed E-state index contributed by atoms with van der Waals surface area (Å²) in [6.07, 6.45) is 2.14. The second-order valence-electron chi connectivity index (χ2n) is 4.71. The fourth-order valence-electron chi connectivity index (χ4n) is 1.93. The van der Waals surface area contributed by atoms with Gasteiger partial charge in [0.05, 0.1) is 0 Å². The van der Waals surface area contributed by atoms with E-state index in [0.717, 1.165) is 5.56 Å². The summed E-state index contributed by atoms with van der Waals surface area (Å²) in [4.78, 5) is 12.0. The van der Waals surface area contributed by atoms with Crippen LogP contribution in [0.5, 0.6) is 0 Å². The van der Waals surface area contributed by atoms with Gasteiger partial charge < -0.3 is 5.32 Å². The number of amides is 1. The lowest BCUT2D eigenvalue weighted by atomic mass is 10.1. The van der Waals surface area contributed by atoms with Crippen molar-refractivity contribution < 1.29 is 9.18 Å². The minimum absolute atomic E-state index is 0.000306. The van der Waals surface area contributed by atoms with E-state index in [1.165, 1.54) is 30.3 Å². The Hall–Kier alpha value is -2.93. The van der Waals surface area contributed by atoms with Crippen molar-refractivity contribution in [1.29, 1.82) is 5.26 Å². The second kappa shape index (κ2) is 7.75. The Morgan fingerprint density at radius 3 is 2.45 bits per heavy atom. The van der Waals surface area contributed by atoms with Gasteiger partial charge in [0.1, 0.15) is 17.5 Å². The number of halogens is 1. The van der Waals surface area contributed by atoms with Crippen LogP contribution in [0.25, 0.3) is 6.08 Å². The molecule has 0 aliphatic rings. The van der Waals surface area contributed by atoms with Gasteiger partial charge in [-0.25, -0.2) is 4.39 Å². The molecular weight excluding hydrogens is 279 g/mol. The highest BCUT2D eigenvalue weighted by atomic mass is 19.1. The average Bonchev–Trinajstić information content (AvgIpc) is 2.55. The van der Waals surface area contributed by atoms with Crippen LogP contribution in [0, 0.1) is 17.1 Å². The van der Waals surface area contributed by atoms with Crippen LogP contribution in [-0.4, -0.2) is 12.5 Å². The fourth-order valence-corrected chi connectivity index (χ4v) is 1.93. The van der Waals surface area contributed by atoms with Crippen molar-refractivity contribution in [2.45, 2.75) is 6.42 Å². The summed E-state index contributed by atoms with van der Waals surface area (Å²) in [5, 5.41) is 11.8. The van der Waals surface area contributed by atoms with Crippen LogP contribution in [0.2, 0.25) is 0 Å². The van der Waals surface area contributed by atoms with Gasteiger partial charge in [0.25, 0.3) is 5.91 Å². The SMILES string of the molecule is N#C/C(=C\c1ccc(F)cc1)C(=O)NCCc1ccccc1. The molecule has 0 unspecified atom stereocenters. The van der Waals surface area contributed by atoms with Crippen molar-refractivity contribution in [2.24, 2.45) is 0 Å². The van der Waals surface area contributed by atoms with Crippen LogP contribution in [-0.2, 0) is 11.2 Å². The molecule has 0 aliphatic carbocycles. The summed E-state index contributed by atoms with van der Waals surface area (Å²) in [5.41, 5.74) is 1.72. The van der Waals surface area contributed by atoms with Crippen molar-refractivity contribution >= 4 is 12.0 Å². The summed E-state index contributed by atoms with van der Waals surface area (Å²) < 4.78 is 12.8.